The minimum atomic E-state index is -0.773. The number of hydrogen-bond acceptors (Lipinski definition) is 4. The maximum atomic E-state index is 12.9. The molecule has 0 saturated heterocycles. The summed E-state index contributed by atoms with van der Waals surface area (Å²) in [6.07, 6.45) is 0.684. The highest BCUT2D eigenvalue weighted by molar-refractivity contribution is 6.31. The third-order valence-corrected chi connectivity index (χ3v) is 5.15. The van der Waals surface area contributed by atoms with Gasteiger partial charge in [0.25, 0.3) is 5.91 Å². The Kier molecular flexibility index (Phi) is 7.69. The van der Waals surface area contributed by atoms with Gasteiger partial charge >= 0.3 is 0 Å². The molecule has 0 radical (unpaired) electrons. The number of benzene rings is 1. The van der Waals surface area contributed by atoms with Crippen LogP contribution in [-0.2, 0) is 9.59 Å². The lowest BCUT2D eigenvalue weighted by molar-refractivity contribution is -0.135. The van der Waals surface area contributed by atoms with Crippen molar-refractivity contribution in [2.24, 2.45) is 5.92 Å². The number of amides is 3. The van der Waals surface area contributed by atoms with Gasteiger partial charge in [-0.2, -0.15) is 0 Å². The van der Waals surface area contributed by atoms with E-state index in [0.717, 1.165) is 0 Å². The number of ether oxygens (including phenoxy) is 1. The zero-order chi connectivity index (χ0) is 20.8. The summed E-state index contributed by atoms with van der Waals surface area (Å²) in [5, 5.41) is 5.83. The van der Waals surface area contributed by atoms with Gasteiger partial charge in [-0.1, -0.05) is 31.9 Å². The number of nitrogens with one attached hydrogen (secondary N) is 2. The van der Waals surface area contributed by atoms with E-state index in [1.54, 1.807) is 17.0 Å². The van der Waals surface area contributed by atoms with Gasteiger partial charge in [-0.05, 0) is 38.0 Å². The van der Waals surface area contributed by atoms with Crippen LogP contribution in [-0.4, -0.2) is 54.4 Å². The molecule has 0 aromatic heterocycles. The van der Waals surface area contributed by atoms with Gasteiger partial charge < -0.3 is 20.3 Å². The molecule has 0 saturated carbocycles. The van der Waals surface area contributed by atoms with Crippen LogP contribution in [0.25, 0.3) is 0 Å². The van der Waals surface area contributed by atoms with Gasteiger partial charge in [0.1, 0.15) is 18.4 Å². The summed E-state index contributed by atoms with van der Waals surface area (Å²) < 4.78 is 5.79. The van der Waals surface area contributed by atoms with Gasteiger partial charge in [-0.15, -0.1) is 0 Å². The van der Waals surface area contributed by atoms with Crippen LogP contribution in [0.1, 0.15) is 44.5 Å². The minimum absolute atomic E-state index is 0.0482. The van der Waals surface area contributed by atoms with E-state index in [0.29, 0.717) is 23.7 Å². The Morgan fingerprint density at radius 1 is 1.25 bits per heavy atom. The van der Waals surface area contributed by atoms with Crippen LogP contribution < -0.4 is 15.4 Å². The molecule has 0 bridgehead atoms. The van der Waals surface area contributed by atoms with Gasteiger partial charge in [-0.3, -0.25) is 14.4 Å². The highest BCUT2D eigenvalue weighted by atomic mass is 35.5. The van der Waals surface area contributed by atoms with Gasteiger partial charge in [0.2, 0.25) is 11.8 Å². The SMILES string of the molecule is CCC(C)[C@@H]1NC(=O)c2cc(Cl)ccc2OCCN(C(C)C)C(=O)CNC1=O. The Morgan fingerprint density at radius 2 is 1.96 bits per heavy atom. The summed E-state index contributed by atoms with van der Waals surface area (Å²) in [7, 11) is 0. The predicted octanol–water partition coefficient (Wildman–Crippen LogP) is 2.23. The Morgan fingerprint density at radius 3 is 2.61 bits per heavy atom. The second-order valence-corrected chi connectivity index (χ2v) is 7.66. The molecule has 1 aliphatic rings. The first-order valence-corrected chi connectivity index (χ1v) is 9.92. The van der Waals surface area contributed by atoms with Crippen molar-refractivity contribution in [3.05, 3.63) is 28.8 Å². The average Bonchev–Trinajstić information content (AvgIpc) is 2.67. The number of hydrogen-bond donors (Lipinski definition) is 2. The number of carbonyl (C=O) groups is 3. The smallest absolute Gasteiger partial charge is 0.255 e. The Balaban J connectivity index is 2.41. The molecule has 3 amide bonds. The number of fused-ring (bicyclic) bond motifs is 1. The molecule has 2 atom stereocenters. The van der Waals surface area contributed by atoms with Crippen molar-refractivity contribution in [2.45, 2.75) is 46.2 Å². The van der Waals surface area contributed by atoms with Crippen LogP contribution in [0.15, 0.2) is 18.2 Å². The fourth-order valence-corrected chi connectivity index (χ4v) is 3.20. The van der Waals surface area contributed by atoms with Crippen molar-refractivity contribution in [1.82, 2.24) is 15.5 Å². The summed E-state index contributed by atoms with van der Waals surface area (Å²) in [6, 6.07) is 3.95. The van der Waals surface area contributed by atoms with E-state index in [9.17, 15) is 14.4 Å². The molecule has 8 heteroatoms. The average molecular weight is 410 g/mol. The molecule has 7 nitrogen and oxygen atoms in total. The molecule has 1 aromatic rings. The quantitative estimate of drug-likeness (QED) is 0.801. The number of rotatable bonds is 3. The lowest BCUT2D eigenvalue weighted by Gasteiger charge is -2.27. The van der Waals surface area contributed by atoms with Gasteiger partial charge in [0.05, 0.1) is 18.7 Å². The van der Waals surface area contributed by atoms with Crippen molar-refractivity contribution in [1.29, 1.82) is 0 Å². The highest BCUT2D eigenvalue weighted by Crippen LogP contribution is 2.24. The van der Waals surface area contributed by atoms with E-state index in [2.05, 4.69) is 10.6 Å². The Hall–Kier alpha value is -2.28. The summed E-state index contributed by atoms with van der Waals surface area (Å²) in [6.45, 7) is 8.04. The number of carbonyl (C=O) groups excluding carboxylic acids is 3. The molecule has 1 aromatic carbocycles. The normalized spacial score (nSPS) is 20.1. The van der Waals surface area contributed by atoms with E-state index in [4.69, 9.17) is 16.3 Å². The third kappa shape index (κ3) is 5.38. The topological polar surface area (TPSA) is 87.7 Å². The molecule has 28 heavy (non-hydrogen) atoms. The molecule has 1 heterocycles. The van der Waals surface area contributed by atoms with Crippen LogP contribution in [0.2, 0.25) is 5.02 Å². The lowest BCUT2D eigenvalue weighted by atomic mass is 9.97. The monoisotopic (exact) mass is 409 g/mol. The summed E-state index contributed by atoms with van der Waals surface area (Å²) in [5.41, 5.74) is 0.260. The second kappa shape index (κ2) is 9.78. The first kappa shape index (κ1) is 22.0. The van der Waals surface area contributed by atoms with Crippen LogP contribution in [0.4, 0.5) is 0 Å². The van der Waals surface area contributed by atoms with E-state index < -0.39 is 11.9 Å². The van der Waals surface area contributed by atoms with E-state index in [-0.39, 0.29) is 42.5 Å². The van der Waals surface area contributed by atoms with Crippen molar-refractivity contribution in [3.63, 3.8) is 0 Å². The van der Waals surface area contributed by atoms with Gasteiger partial charge in [0.15, 0.2) is 0 Å². The first-order valence-electron chi connectivity index (χ1n) is 9.55. The maximum absolute atomic E-state index is 12.9. The van der Waals surface area contributed by atoms with Crippen molar-refractivity contribution >= 4 is 29.3 Å². The highest BCUT2D eigenvalue weighted by Gasteiger charge is 2.29. The molecular weight excluding hydrogens is 382 g/mol. The van der Waals surface area contributed by atoms with Gasteiger partial charge in [0, 0.05) is 11.1 Å². The number of nitrogens with zero attached hydrogens (tertiary/aromatic N) is 1. The van der Waals surface area contributed by atoms with Crippen molar-refractivity contribution < 1.29 is 19.1 Å². The summed E-state index contributed by atoms with van der Waals surface area (Å²) in [4.78, 5) is 39.8. The van der Waals surface area contributed by atoms with E-state index in [1.807, 2.05) is 27.7 Å². The molecule has 2 N–H and O–H groups in total. The Labute approximate surface area is 170 Å². The molecule has 154 valence electrons. The van der Waals surface area contributed by atoms with Crippen molar-refractivity contribution in [2.75, 3.05) is 19.7 Å². The summed E-state index contributed by atoms with van der Waals surface area (Å²) in [5.74, 6) is -0.779. The van der Waals surface area contributed by atoms with Crippen LogP contribution >= 0.6 is 11.6 Å². The van der Waals surface area contributed by atoms with E-state index >= 15 is 0 Å². The first-order chi connectivity index (χ1) is 13.2. The van der Waals surface area contributed by atoms with E-state index in [1.165, 1.54) is 6.07 Å². The number of halogens is 1. The van der Waals surface area contributed by atoms with Gasteiger partial charge in [-0.25, -0.2) is 0 Å². The molecule has 2 rings (SSSR count). The molecule has 0 spiro atoms. The van der Waals surface area contributed by atoms with Crippen LogP contribution in [0, 0.1) is 5.92 Å². The fourth-order valence-electron chi connectivity index (χ4n) is 3.03. The van der Waals surface area contributed by atoms with Crippen LogP contribution in [0.3, 0.4) is 0 Å². The Bertz CT molecular complexity index is 738. The maximum Gasteiger partial charge on any atom is 0.255 e. The fraction of sp³-hybridized carbons (Fsp3) is 0.550. The molecule has 1 unspecified atom stereocenters. The zero-order valence-corrected chi connectivity index (χ0v) is 17.5. The summed E-state index contributed by atoms with van der Waals surface area (Å²) >= 11 is 6.06. The predicted molar refractivity (Wildman–Crippen MR) is 108 cm³/mol. The van der Waals surface area contributed by atoms with Crippen LogP contribution in [0.5, 0.6) is 5.75 Å². The lowest BCUT2D eigenvalue weighted by Crippen LogP contribution is -2.52. The largest absolute Gasteiger partial charge is 0.491 e. The standard InChI is InChI=1S/C20H28ClN3O4/c1-5-13(4)18-20(27)22-11-17(25)24(12(2)3)8-9-28-16-7-6-14(21)10-15(16)19(26)23-18/h6-7,10,12-13,18H,5,8-9,11H2,1-4H3,(H,22,27)(H,23,26)/t13?,18-/m0/s1. The third-order valence-electron chi connectivity index (χ3n) is 4.92. The molecule has 0 aliphatic carbocycles. The molecule has 1 aliphatic heterocycles. The molecule has 0 fully saturated rings. The molecular formula is C20H28ClN3O4. The zero-order valence-electron chi connectivity index (χ0n) is 16.8. The van der Waals surface area contributed by atoms with Crippen molar-refractivity contribution in [3.8, 4) is 5.75 Å². The second-order valence-electron chi connectivity index (χ2n) is 7.22. The minimum Gasteiger partial charge on any atom is -0.491 e.